The molecule has 7 nitrogen and oxygen atoms in total. The van der Waals surface area contributed by atoms with Gasteiger partial charge in [0.15, 0.2) is 0 Å². The first-order valence-electron chi connectivity index (χ1n) is 13.1. The Morgan fingerprint density at radius 2 is 1.70 bits per heavy atom. The number of halogens is 6. The Labute approximate surface area is 242 Å². The molecular weight excluding hydrogens is 602 g/mol. The zero-order valence-electron chi connectivity index (χ0n) is 22.3. The number of hydrogen-bond donors (Lipinski definition) is 0. The van der Waals surface area contributed by atoms with Gasteiger partial charge in [-0.1, -0.05) is 18.2 Å². The van der Waals surface area contributed by atoms with E-state index in [1.807, 2.05) is 0 Å². The van der Waals surface area contributed by atoms with E-state index < -0.39 is 56.8 Å². The summed E-state index contributed by atoms with van der Waals surface area (Å²) in [6, 6.07) is 9.50. The summed E-state index contributed by atoms with van der Waals surface area (Å²) in [5.74, 6) is -1.79. The molecule has 5 rings (SSSR count). The number of benzene rings is 3. The van der Waals surface area contributed by atoms with Crippen molar-refractivity contribution >= 4 is 27.4 Å². The molecule has 0 bridgehead atoms. The Bertz CT molecular complexity index is 1670. The second-order valence-electron chi connectivity index (χ2n) is 10.2. The lowest BCUT2D eigenvalue weighted by Crippen LogP contribution is -2.44. The van der Waals surface area contributed by atoms with E-state index in [0.717, 1.165) is 40.7 Å². The van der Waals surface area contributed by atoms with Crippen molar-refractivity contribution in [2.45, 2.75) is 49.4 Å². The van der Waals surface area contributed by atoms with Gasteiger partial charge in [-0.3, -0.25) is 13.9 Å². The third-order valence-corrected chi connectivity index (χ3v) is 9.20. The number of carbonyl (C=O) groups is 2. The van der Waals surface area contributed by atoms with E-state index in [2.05, 4.69) is 4.74 Å². The standard InChI is InChI=1S/C29H24F6N2O5S/c30-21-10-19(12-24(15-21)42-28(31)32)17-4-5-18-11-22(16-27(39)36-8-6-23(38)7-9-36)37(26(18)13-17)43(40,41)25-3-1-2-20(14-25)29(33,34)35/h1-5,10,12-15,22,28H,6-9,11,16H2. The van der Waals surface area contributed by atoms with Crippen LogP contribution in [0.5, 0.6) is 5.75 Å². The maximum atomic E-state index is 14.3. The molecule has 1 amide bonds. The van der Waals surface area contributed by atoms with Crippen LogP contribution in [-0.2, 0) is 32.2 Å². The van der Waals surface area contributed by atoms with E-state index in [4.69, 9.17) is 0 Å². The lowest BCUT2D eigenvalue weighted by molar-refractivity contribution is -0.138. The molecule has 0 N–H and O–H groups in total. The van der Waals surface area contributed by atoms with Gasteiger partial charge >= 0.3 is 12.8 Å². The Morgan fingerprint density at radius 1 is 0.977 bits per heavy atom. The fourth-order valence-corrected chi connectivity index (χ4v) is 7.04. The third kappa shape index (κ3) is 6.48. The minimum atomic E-state index is -4.82. The number of hydrogen-bond acceptors (Lipinski definition) is 5. The Morgan fingerprint density at radius 3 is 2.37 bits per heavy atom. The number of alkyl halides is 5. The minimum absolute atomic E-state index is 0.00180. The number of Topliss-reactive ketones (excluding diaryl/α,β-unsaturated/α-hetero) is 1. The maximum absolute atomic E-state index is 14.3. The maximum Gasteiger partial charge on any atom is 0.416 e. The number of nitrogens with zero attached hydrogens (tertiary/aromatic N) is 2. The van der Waals surface area contributed by atoms with Crippen molar-refractivity contribution in [2.75, 3.05) is 17.4 Å². The van der Waals surface area contributed by atoms with Gasteiger partial charge in [0.05, 0.1) is 22.2 Å². The predicted molar refractivity (Wildman–Crippen MR) is 143 cm³/mol. The number of ether oxygens (including phenoxy) is 1. The summed E-state index contributed by atoms with van der Waals surface area (Å²) in [7, 11) is -4.69. The summed E-state index contributed by atoms with van der Waals surface area (Å²) in [6.07, 6.45) is -4.77. The molecule has 0 spiro atoms. The average molecular weight is 627 g/mol. The number of amides is 1. The molecule has 2 heterocycles. The zero-order valence-corrected chi connectivity index (χ0v) is 23.1. The molecule has 3 aromatic rings. The lowest BCUT2D eigenvalue weighted by Gasteiger charge is -2.31. The number of sulfonamides is 1. The van der Waals surface area contributed by atoms with E-state index in [-0.39, 0.29) is 61.4 Å². The molecule has 43 heavy (non-hydrogen) atoms. The van der Waals surface area contributed by atoms with Crippen LogP contribution in [0, 0.1) is 5.82 Å². The van der Waals surface area contributed by atoms with Gasteiger partial charge in [-0.05, 0) is 59.5 Å². The van der Waals surface area contributed by atoms with E-state index in [1.165, 1.54) is 23.1 Å². The van der Waals surface area contributed by atoms with Gasteiger partial charge in [-0.15, -0.1) is 0 Å². The summed E-state index contributed by atoms with van der Waals surface area (Å²) >= 11 is 0. The zero-order chi connectivity index (χ0) is 31.1. The third-order valence-electron chi connectivity index (χ3n) is 7.34. The quantitative estimate of drug-likeness (QED) is 0.309. The van der Waals surface area contributed by atoms with Gasteiger partial charge in [0, 0.05) is 38.4 Å². The molecule has 1 saturated heterocycles. The molecule has 1 unspecified atom stereocenters. The van der Waals surface area contributed by atoms with Crippen molar-refractivity contribution in [3.63, 3.8) is 0 Å². The topological polar surface area (TPSA) is 84.0 Å². The molecule has 3 aromatic carbocycles. The molecule has 0 radical (unpaired) electrons. The van der Waals surface area contributed by atoms with Crippen molar-refractivity contribution < 1.29 is 49.1 Å². The predicted octanol–water partition coefficient (Wildman–Crippen LogP) is 5.81. The molecule has 2 aliphatic rings. The summed E-state index contributed by atoms with van der Waals surface area (Å²) in [6.45, 7) is -2.88. The van der Waals surface area contributed by atoms with Crippen molar-refractivity contribution in [1.82, 2.24) is 4.90 Å². The number of rotatable bonds is 7. The summed E-state index contributed by atoms with van der Waals surface area (Å²) in [5, 5.41) is 0. The summed E-state index contributed by atoms with van der Waals surface area (Å²) in [4.78, 5) is 25.6. The first-order chi connectivity index (χ1) is 20.2. The highest BCUT2D eigenvalue weighted by atomic mass is 32.2. The molecule has 2 aliphatic heterocycles. The Balaban J connectivity index is 1.57. The van der Waals surface area contributed by atoms with Crippen molar-refractivity contribution in [2.24, 2.45) is 0 Å². The van der Waals surface area contributed by atoms with Crippen LogP contribution in [0.3, 0.4) is 0 Å². The van der Waals surface area contributed by atoms with E-state index in [0.29, 0.717) is 11.6 Å². The van der Waals surface area contributed by atoms with Gasteiger partial charge in [-0.2, -0.15) is 22.0 Å². The lowest BCUT2D eigenvalue weighted by atomic mass is 10.0. The highest BCUT2D eigenvalue weighted by Gasteiger charge is 2.41. The number of likely N-dealkylation sites (tertiary alicyclic amines) is 1. The molecule has 228 valence electrons. The normalized spacial score (nSPS) is 17.4. The monoisotopic (exact) mass is 626 g/mol. The first-order valence-corrected chi connectivity index (χ1v) is 14.6. The minimum Gasteiger partial charge on any atom is -0.435 e. The van der Waals surface area contributed by atoms with Gasteiger partial charge in [0.1, 0.15) is 17.3 Å². The van der Waals surface area contributed by atoms with Crippen molar-refractivity contribution in [3.8, 4) is 16.9 Å². The molecule has 0 aromatic heterocycles. The van der Waals surface area contributed by atoms with E-state index in [1.54, 1.807) is 0 Å². The molecule has 0 saturated carbocycles. The summed E-state index contributed by atoms with van der Waals surface area (Å²) < 4.78 is 113. The van der Waals surface area contributed by atoms with Gasteiger partial charge < -0.3 is 9.64 Å². The number of carbonyl (C=O) groups excluding carboxylic acids is 2. The van der Waals surface area contributed by atoms with Crippen LogP contribution in [0.1, 0.15) is 30.4 Å². The van der Waals surface area contributed by atoms with E-state index in [9.17, 15) is 44.3 Å². The fourth-order valence-electron chi connectivity index (χ4n) is 5.32. The van der Waals surface area contributed by atoms with E-state index >= 15 is 0 Å². The van der Waals surface area contributed by atoms with Crippen LogP contribution >= 0.6 is 0 Å². The van der Waals surface area contributed by atoms with Crippen LogP contribution < -0.4 is 9.04 Å². The van der Waals surface area contributed by atoms with Crippen LogP contribution in [0.25, 0.3) is 11.1 Å². The summed E-state index contributed by atoms with van der Waals surface area (Å²) in [5.41, 5.74) is -0.400. The molecule has 1 atom stereocenters. The van der Waals surface area contributed by atoms with Crippen LogP contribution in [0.15, 0.2) is 65.6 Å². The largest absolute Gasteiger partial charge is 0.435 e. The van der Waals surface area contributed by atoms with Gasteiger partial charge in [0.25, 0.3) is 10.0 Å². The van der Waals surface area contributed by atoms with Gasteiger partial charge in [0.2, 0.25) is 5.91 Å². The van der Waals surface area contributed by atoms with Crippen LogP contribution in [-0.4, -0.2) is 50.8 Å². The van der Waals surface area contributed by atoms with Crippen molar-refractivity contribution in [3.05, 3.63) is 77.6 Å². The molecule has 0 aliphatic carbocycles. The highest BCUT2D eigenvalue weighted by Crippen LogP contribution is 2.42. The highest BCUT2D eigenvalue weighted by molar-refractivity contribution is 7.92. The number of piperidine rings is 1. The fraction of sp³-hybridized carbons (Fsp3) is 0.310. The Hall–Kier alpha value is -4.07. The average Bonchev–Trinajstić information content (AvgIpc) is 3.30. The van der Waals surface area contributed by atoms with Gasteiger partial charge in [-0.25, -0.2) is 12.8 Å². The first kappa shape index (κ1) is 30.4. The second-order valence-corrected chi connectivity index (χ2v) is 12.0. The molecular formula is C29H24F6N2O5S. The number of fused-ring (bicyclic) bond motifs is 1. The van der Waals surface area contributed by atoms with Crippen LogP contribution in [0.4, 0.5) is 32.0 Å². The Kier molecular flexibility index (Phi) is 8.16. The SMILES string of the molecule is O=C1CCN(C(=O)CC2Cc3ccc(-c4cc(F)cc(OC(F)F)c4)cc3N2S(=O)(=O)c2cccc(C(F)(F)F)c2)CC1. The second kappa shape index (κ2) is 11.5. The number of ketones is 1. The smallest absolute Gasteiger partial charge is 0.416 e. The van der Waals surface area contributed by atoms with Crippen LogP contribution in [0.2, 0.25) is 0 Å². The van der Waals surface area contributed by atoms with Crippen molar-refractivity contribution in [1.29, 1.82) is 0 Å². The molecule has 14 heteroatoms. The molecule has 1 fully saturated rings. The number of anilines is 1.